The maximum absolute atomic E-state index is 2.62. The highest BCUT2D eigenvalue weighted by Gasteiger charge is 2.44. The monoisotopic (exact) mass is 330 g/mol. The molecule has 1 saturated carbocycles. The Bertz CT molecular complexity index is 293. The lowest BCUT2D eigenvalue weighted by Gasteiger charge is -2.49. The van der Waals surface area contributed by atoms with Gasteiger partial charge in [-0.1, -0.05) is 76.7 Å². The van der Waals surface area contributed by atoms with Crippen LogP contribution in [0.25, 0.3) is 0 Å². The first kappa shape index (κ1) is 19.9. The Morgan fingerprint density at radius 3 is 1.76 bits per heavy atom. The molecule has 2 heteroatoms. The Morgan fingerprint density at radius 1 is 0.905 bits per heavy atom. The topological polar surface area (TPSA) is 0 Å². The number of hydrogen-bond donors (Lipinski definition) is 0. The van der Waals surface area contributed by atoms with Crippen LogP contribution in [-0.4, -0.2) is 34.0 Å². The molecule has 0 spiro atoms. The fourth-order valence-corrected chi connectivity index (χ4v) is 13.3. The van der Waals surface area contributed by atoms with Gasteiger partial charge in [-0.2, -0.15) is 0 Å². The second-order valence-electron chi connectivity index (χ2n) is 8.84. The zero-order valence-corrected chi connectivity index (χ0v) is 18.0. The second-order valence-corrected chi connectivity index (χ2v) is 16.2. The van der Waals surface area contributed by atoms with E-state index in [1.807, 2.05) is 0 Å². The minimum Gasteiger partial charge on any atom is -0.104 e. The molecule has 0 saturated heterocycles. The van der Waals surface area contributed by atoms with E-state index >= 15 is 0 Å². The standard InChI is InChI=1S/C19H40P2/c1-10-20(11-2)17-14-12-13-16(17)15(3)21(18(4,5)6)19(7,8)9/h15-17H,10-14H2,1-9H3. The van der Waals surface area contributed by atoms with Crippen LogP contribution in [0.5, 0.6) is 0 Å². The fourth-order valence-electron chi connectivity index (χ4n) is 5.10. The van der Waals surface area contributed by atoms with Gasteiger partial charge in [0.15, 0.2) is 0 Å². The van der Waals surface area contributed by atoms with Crippen LogP contribution in [0.2, 0.25) is 0 Å². The Hall–Kier alpha value is 0.860. The van der Waals surface area contributed by atoms with Crippen molar-refractivity contribution in [1.29, 1.82) is 0 Å². The van der Waals surface area contributed by atoms with E-state index in [9.17, 15) is 0 Å². The van der Waals surface area contributed by atoms with Crippen LogP contribution in [0.15, 0.2) is 0 Å². The third kappa shape index (κ3) is 4.91. The molecule has 21 heavy (non-hydrogen) atoms. The van der Waals surface area contributed by atoms with Crippen molar-refractivity contribution in [3.63, 3.8) is 0 Å². The van der Waals surface area contributed by atoms with E-state index < -0.39 is 0 Å². The molecule has 0 aromatic carbocycles. The molecule has 0 nitrogen and oxygen atoms in total. The number of hydrogen-bond acceptors (Lipinski definition) is 0. The fraction of sp³-hybridized carbons (Fsp3) is 1.00. The molecule has 1 aliphatic rings. The molecule has 0 aromatic heterocycles. The summed E-state index contributed by atoms with van der Waals surface area (Å²) >= 11 is 0. The third-order valence-corrected chi connectivity index (χ3v) is 12.6. The summed E-state index contributed by atoms with van der Waals surface area (Å²) in [5.41, 5.74) is 2.00. The zero-order valence-electron chi connectivity index (χ0n) is 16.2. The van der Waals surface area contributed by atoms with Gasteiger partial charge in [0.25, 0.3) is 0 Å². The van der Waals surface area contributed by atoms with E-state index in [4.69, 9.17) is 0 Å². The molecule has 0 bridgehead atoms. The van der Waals surface area contributed by atoms with Crippen LogP contribution in [0, 0.1) is 5.92 Å². The van der Waals surface area contributed by atoms with Gasteiger partial charge < -0.3 is 0 Å². The first-order valence-electron chi connectivity index (χ1n) is 9.07. The average Bonchev–Trinajstić information content (AvgIpc) is 2.75. The molecule has 1 fully saturated rings. The Labute approximate surface area is 137 Å². The minimum absolute atomic E-state index is 0.0340. The minimum atomic E-state index is 0.0340. The van der Waals surface area contributed by atoms with Gasteiger partial charge in [0.2, 0.25) is 0 Å². The van der Waals surface area contributed by atoms with Gasteiger partial charge in [-0.15, -0.1) is 7.92 Å². The number of rotatable bonds is 5. The maximum atomic E-state index is 2.62. The van der Waals surface area contributed by atoms with E-state index in [0.29, 0.717) is 10.3 Å². The van der Waals surface area contributed by atoms with Gasteiger partial charge in [-0.3, -0.25) is 0 Å². The van der Waals surface area contributed by atoms with Crippen molar-refractivity contribution in [3.8, 4) is 0 Å². The molecular weight excluding hydrogens is 290 g/mol. The quantitative estimate of drug-likeness (QED) is 0.470. The Morgan fingerprint density at radius 2 is 1.38 bits per heavy atom. The molecule has 3 unspecified atom stereocenters. The first-order chi connectivity index (χ1) is 9.54. The second kappa shape index (κ2) is 7.62. The van der Waals surface area contributed by atoms with Crippen molar-refractivity contribution < 1.29 is 0 Å². The van der Waals surface area contributed by atoms with Crippen LogP contribution >= 0.6 is 15.8 Å². The van der Waals surface area contributed by atoms with Crippen LogP contribution in [0.4, 0.5) is 0 Å². The summed E-state index contributed by atoms with van der Waals surface area (Å²) < 4.78 is 0. The molecule has 0 heterocycles. The predicted octanol–water partition coefficient (Wildman–Crippen LogP) is 7.14. The smallest absolute Gasteiger partial charge is 0.0172 e. The van der Waals surface area contributed by atoms with Crippen molar-refractivity contribution in [2.45, 2.75) is 103 Å². The Kier molecular flexibility index (Phi) is 7.22. The maximum Gasteiger partial charge on any atom is -0.0172 e. The van der Waals surface area contributed by atoms with Crippen molar-refractivity contribution >= 4 is 15.8 Å². The summed E-state index contributed by atoms with van der Waals surface area (Å²) in [6.45, 7) is 22.4. The van der Waals surface area contributed by atoms with E-state index in [1.54, 1.807) is 0 Å². The van der Waals surface area contributed by atoms with Gasteiger partial charge in [0.1, 0.15) is 0 Å². The molecule has 0 aliphatic heterocycles. The van der Waals surface area contributed by atoms with Crippen LogP contribution in [0.1, 0.15) is 81.6 Å². The third-order valence-electron chi connectivity index (χ3n) is 5.29. The van der Waals surface area contributed by atoms with Gasteiger partial charge in [-0.25, -0.2) is 0 Å². The molecule has 0 amide bonds. The molecule has 0 N–H and O–H groups in total. The average molecular weight is 330 g/mol. The lowest BCUT2D eigenvalue weighted by atomic mass is 10.0. The van der Waals surface area contributed by atoms with Gasteiger partial charge in [0, 0.05) is 0 Å². The van der Waals surface area contributed by atoms with Crippen LogP contribution < -0.4 is 0 Å². The summed E-state index contributed by atoms with van der Waals surface area (Å²) in [7, 11) is 0.319. The highest BCUT2D eigenvalue weighted by molar-refractivity contribution is 7.62. The molecule has 3 atom stereocenters. The summed E-state index contributed by atoms with van der Waals surface area (Å²) in [6, 6.07) is 0. The lowest BCUT2D eigenvalue weighted by molar-refractivity contribution is 0.525. The van der Waals surface area contributed by atoms with E-state index in [0.717, 1.165) is 17.2 Å². The largest absolute Gasteiger partial charge is 0.104 e. The van der Waals surface area contributed by atoms with Gasteiger partial charge in [-0.05, 0) is 52.7 Å². The SMILES string of the molecule is CCP(CC)C1CCCC1C(C)P(C(C)(C)C)C(C)(C)C. The summed E-state index contributed by atoms with van der Waals surface area (Å²) in [5.74, 6) is 1.01. The van der Waals surface area contributed by atoms with E-state index in [1.165, 1.54) is 31.6 Å². The molecule has 0 aromatic rings. The summed E-state index contributed by atoms with van der Waals surface area (Å²) in [4.78, 5) is 0. The first-order valence-corrected chi connectivity index (χ1v) is 12.3. The molecular formula is C19H40P2. The van der Waals surface area contributed by atoms with Gasteiger partial charge in [0.05, 0.1) is 0 Å². The van der Waals surface area contributed by atoms with Crippen LogP contribution in [-0.2, 0) is 0 Å². The van der Waals surface area contributed by atoms with Crippen molar-refractivity contribution in [2.75, 3.05) is 12.3 Å². The van der Waals surface area contributed by atoms with E-state index in [2.05, 4.69) is 62.3 Å². The molecule has 1 rings (SSSR count). The zero-order chi connectivity index (χ0) is 16.4. The van der Waals surface area contributed by atoms with Crippen molar-refractivity contribution in [3.05, 3.63) is 0 Å². The lowest BCUT2D eigenvalue weighted by Crippen LogP contribution is -2.36. The Balaban J connectivity index is 3.00. The van der Waals surface area contributed by atoms with Gasteiger partial charge >= 0.3 is 0 Å². The predicted molar refractivity (Wildman–Crippen MR) is 105 cm³/mol. The van der Waals surface area contributed by atoms with Crippen LogP contribution in [0.3, 0.4) is 0 Å². The molecule has 0 radical (unpaired) electrons. The molecule has 1 aliphatic carbocycles. The molecule has 126 valence electrons. The highest BCUT2D eigenvalue weighted by Crippen LogP contribution is 2.67. The normalized spacial score (nSPS) is 25.9. The van der Waals surface area contributed by atoms with Crippen molar-refractivity contribution in [2.24, 2.45) is 5.92 Å². The van der Waals surface area contributed by atoms with Crippen molar-refractivity contribution in [1.82, 2.24) is 0 Å². The van der Waals surface area contributed by atoms with E-state index in [-0.39, 0.29) is 15.8 Å². The summed E-state index contributed by atoms with van der Waals surface area (Å²) in [6.07, 6.45) is 7.43. The summed E-state index contributed by atoms with van der Waals surface area (Å²) in [5, 5.41) is 0.947. The highest BCUT2D eigenvalue weighted by atomic mass is 31.1.